The Hall–Kier alpha value is -2.63. The molecule has 6 heteroatoms. The predicted molar refractivity (Wildman–Crippen MR) is 82.1 cm³/mol. The molecule has 1 aromatic heterocycles. The van der Waals surface area contributed by atoms with E-state index in [4.69, 9.17) is 4.52 Å². The third-order valence-corrected chi connectivity index (χ3v) is 3.13. The maximum Gasteiger partial charge on any atom is 0.245 e. The van der Waals surface area contributed by atoms with Gasteiger partial charge in [-0.05, 0) is 19.4 Å². The van der Waals surface area contributed by atoms with Crippen LogP contribution in [0, 0.1) is 13.8 Å². The number of aryl methyl sites for hydroxylation is 2. The molecule has 0 spiro atoms. The minimum Gasteiger partial charge on any atom is -0.360 e. The van der Waals surface area contributed by atoms with Crippen molar-refractivity contribution in [2.45, 2.75) is 27.3 Å². The number of anilines is 1. The van der Waals surface area contributed by atoms with Crippen molar-refractivity contribution in [2.75, 3.05) is 11.9 Å². The quantitative estimate of drug-likeness (QED) is 0.919. The van der Waals surface area contributed by atoms with E-state index in [9.17, 15) is 9.59 Å². The molecule has 0 saturated carbocycles. The fraction of sp³-hybridized carbons (Fsp3) is 0.312. The molecule has 0 saturated heterocycles. The van der Waals surface area contributed by atoms with Gasteiger partial charge < -0.3 is 14.7 Å². The first kappa shape index (κ1) is 15.8. The van der Waals surface area contributed by atoms with Gasteiger partial charge in [0.25, 0.3) is 0 Å². The van der Waals surface area contributed by atoms with Gasteiger partial charge in [-0.25, -0.2) is 0 Å². The lowest BCUT2D eigenvalue weighted by atomic mass is 10.1. The van der Waals surface area contributed by atoms with Gasteiger partial charge in [-0.1, -0.05) is 35.0 Å². The number of nitrogens with zero attached hydrogens (tertiary/aromatic N) is 2. The summed E-state index contributed by atoms with van der Waals surface area (Å²) in [5.41, 5.74) is 2.10. The van der Waals surface area contributed by atoms with Gasteiger partial charge in [0.2, 0.25) is 11.8 Å². The van der Waals surface area contributed by atoms with Gasteiger partial charge in [-0.3, -0.25) is 9.59 Å². The number of benzene rings is 1. The van der Waals surface area contributed by atoms with Gasteiger partial charge in [-0.15, -0.1) is 0 Å². The van der Waals surface area contributed by atoms with Crippen LogP contribution in [-0.2, 0) is 16.1 Å². The van der Waals surface area contributed by atoms with Gasteiger partial charge >= 0.3 is 0 Å². The largest absolute Gasteiger partial charge is 0.360 e. The fourth-order valence-corrected chi connectivity index (χ4v) is 2.09. The fourth-order valence-electron chi connectivity index (χ4n) is 2.09. The molecular weight excluding hydrogens is 282 g/mol. The van der Waals surface area contributed by atoms with Gasteiger partial charge in [0, 0.05) is 19.5 Å². The molecule has 1 N–H and O–H groups in total. The number of aromatic nitrogens is 1. The SMILES string of the molecule is CC(=O)N(CC(=O)Nc1cc(C)on1)Cc1cccc(C)c1. The van der Waals surface area contributed by atoms with Gasteiger partial charge in [0.05, 0.1) is 0 Å². The standard InChI is InChI=1S/C16H19N3O3/c1-11-5-4-6-14(7-11)9-19(13(3)20)10-16(21)17-15-8-12(2)22-18-15/h4-8H,9-10H2,1-3H3,(H,17,18,21). The molecular formula is C16H19N3O3. The topological polar surface area (TPSA) is 75.4 Å². The molecule has 2 amide bonds. The average Bonchev–Trinajstić information content (AvgIpc) is 2.83. The van der Waals surface area contributed by atoms with Crippen molar-refractivity contribution in [1.29, 1.82) is 0 Å². The van der Waals surface area contributed by atoms with E-state index in [-0.39, 0.29) is 18.4 Å². The Kier molecular flexibility index (Phi) is 4.93. The van der Waals surface area contributed by atoms with E-state index >= 15 is 0 Å². The number of carbonyl (C=O) groups is 2. The summed E-state index contributed by atoms with van der Waals surface area (Å²) < 4.78 is 4.88. The zero-order valence-electron chi connectivity index (χ0n) is 12.9. The molecule has 0 aliphatic heterocycles. The predicted octanol–water partition coefficient (Wildman–Crippen LogP) is 2.28. The van der Waals surface area contributed by atoms with Gasteiger partial charge in [-0.2, -0.15) is 0 Å². The molecule has 1 heterocycles. The molecule has 0 aliphatic rings. The molecule has 0 bridgehead atoms. The third-order valence-electron chi connectivity index (χ3n) is 3.13. The Morgan fingerprint density at radius 2 is 2.05 bits per heavy atom. The molecule has 0 atom stereocenters. The molecule has 116 valence electrons. The van der Waals surface area contributed by atoms with Crippen molar-refractivity contribution in [3.05, 3.63) is 47.2 Å². The van der Waals surface area contributed by atoms with Crippen molar-refractivity contribution in [1.82, 2.24) is 10.1 Å². The molecule has 0 unspecified atom stereocenters. The second-order valence-electron chi connectivity index (χ2n) is 5.24. The number of amides is 2. The molecule has 0 aliphatic carbocycles. The lowest BCUT2D eigenvalue weighted by molar-refractivity contribution is -0.133. The number of rotatable bonds is 5. The Bertz CT molecular complexity index is 679. The lowest BCUT2D eigenvalue weighted by Gasteiger charge is -2.20. The Balaban J connectivity index is 1.99. The first-order valence-electron chi connectivity index (χ1n) is 6.98. The Labute approximate surface area is 129 Å². The van der Waals surface area contributed by atoms with Crippen molar-refractivity contribution < 1.29 is 14.1 Å². The van der Waals surface area contributed by atoms with E-state index < -0.39 is 0 Å². The van der Waals surface area contributed by atoms with Crippen LogP contribution in [0.25, 0.3) is 0 Å². The van der Waals surface area contributed by atoms with Crippen LogP contribution < -0.4 is 5.32 Å². The molecule has 0 radical (unpaired) electrons. The first-order chi connectivity index (χ1) is 10.4. The minimum atomic E-state index is -0.309. The highest BCUT2D eigenvalue weighted by Crippen LogP contribution is 2.10. The zero-order chi connectivity index (χ0) is 16.1. The van der Waals surface area contributed by atoms with Crippen molar-refractivity contribution in [2.24, 2.45) is 0 Å². The van der Waals surface area contributed by atoms with E-state index in [0.29, 0.717) is 18.1 Å². The Morgan fingerprint density at radius 1 is 1.27 bits per heavy atom. The Morgan fingerprint density at radius 3 is 2.64 bits per heavy atom. The highest BCUT2D eigenvalue weighted by molar-refractivity contribution is 5.93. The van der Waals surface area contributed by atoms with Crippen molar-refractivity contribution in [3.8, 4) is 0 Å². The second-order valence-corrected chi connectivity index (χ2v) is 5.24. The lowest BCUT2D eigenvalue weighted by Crippen LogP contribution is -2.36. The molecule has 2 rings (SSSR count). The van der Waals surface area contributed by atoms with E-state index in [1.807, 2.05) is 31.2 Å². The van der Waals surface area contributed by atoms with E-state index in [1.54, 1.807) is 13.0 Å². The van der Waals surface area contributed by atoms with Gasteiger partial charge in [0.1, 0.15) is 12.3 Å². The summed E-state index contributed by atoms with van der Waals surface area (Å²) in [4.78, 5) is 25.2. The van der Waals surface area contributed by atoms with Crippen LogP contribution in [0.4, 0.5) is 5.82 Å². The maximum atomic E-state index is 12.0. The summed E-state index contributed by atoms with van der Waals surface area (Å²) in [6.45, 7) is 5.53. The number of hydrogen-bond donors (Lipinski definition) is 1. The minimum absolute atomic E-state index is 0.0326. The molecule has 2 aromatic rings. The van der Waals surface area contributed by atoms with Crippen LogP contribution in [0.1, 0.15) is 23.8 Å². The summed E-state index contributed by atoms with van der Waals surface area (Å²) in [6, 6.07) is 9.47. The summed E-state index contributed by atoms with van der Waals surface area (Å²) in [5, 5.41) is 6.30. The molecule has 6 nitrogen and oxygen atoms in total. The third kappa shape index (κ3) is 4.44. The van der Waals surface area contributed by atoms with Crippen LogP contribution in [0.5, 0.6) is 0 Å². The zero-order valence-corrected chi connectivity index (χ0v) is 12.9. The number of nitrogens with one attached hydrogen (secondary N) is 1. The number of hydrogen-bond acceptors (Lipinski definition) is 4. The summed E-state index contributed by atoms with van der Waals surface area (Å²) in [5.74, 6) is 0.490. The highest BCUT2D eigenvalue weighted by atomic mass is 16.5. The normalized spacial score (nSPS) is 10.3. The monoisotopic (exact) mass is 301 g/mol. The van der Waals surface area contributed by atoms with Crippen LogP contribution in [0.2, 0.25) is 0 Å². The molecule has 1 aromatic carbocycles. The smallest absolute Gasteiger partial charge is 0.245 e. The number of carbonyl (C=O) groups excluding carboxylic acids is 2. The molecule has 0 fully saturated rings. The van der Waals surface area contributed by atoms with Crippen molar-refractivity contribution >= 4 is 17.6 Å². The van der Waals surface area contributed by atoms with Gasteiger partial charge in [0.15, 0.2) is 5.82 Å². The molecule has 22 heavy (non-hydrogen) atoms. The average molecular weight is 301 g/mol. The van der Waals surface area contributed by atoms with Crippen molar-refractivity contribution in [3.63, 3.8) is 0 Å². The maximum absolute atomic E-state index is 12.0. The van der Waals surface area contributed by atoms with E-state index in [0.717, 1.165) is 11.1 Å². The summed E-state index contributed by atoms with van der Waals surface area (Å²) in [6.07, 6.45) is 0. The first-order valence-corrected chi connectivity index (χ1v) is 6.98. The van der Waals surface area contributed by atoms with E-state index in [1.165, 1.54) is 11.8 Å². The summed E-state index contributed by atoms with van der Waals surface area (Å²) >= 11 is 0. The van der Waals surface area contributed by atoms with Crippen LogP contribution in [-0.4, -0.2) is 28.4 Å². The second kappa shape index (κ2) is 6.89. The van der Waals surface area contributed by atoms with Crippen LogP contribution in [0.15, 0.2) is 34.9 Å². The van der Waals surface area contributed by atoms with E-state index in [2.05, 4.69) is 10.5 Å². The summed E-state index contributed by atoms with van der Waals surface area (Å²) in [7, 11) is 0. The highest BCUT2D eigenvalue weighted by Gasteiger charge is 2.15. The van der Waals surface area contributed by atoms with Crippen LogP contribution in [0.3, 0.4) is 0 Å². The van der Waals surface area contributed by atoms with Crippen LogP contribution >= 0.6 is 0 Å².